The van der Waals surface area contributed by atoms with Crippen molar-refractivity contribution in [2.24, 2.45) is 0 Å². The van der Waals surface area contributed by atoms with Crippen molar-refractivity contribution in [3.8, 4) is 5.69 Å². The molecule has 7 heteroatoms. The molecule has 24 heavy (non-hydrogen) atoms. The SMILES string of the molecule is Cc1nn(-c2ccccc2)c(C)c1S(=O)(=O)Nc1ccc(F)cc1. The van der Waals surface area contributed by atoms with Crippen LogP contribution in [0.2, 0.25) is 0 Å². The number of nitrogens with zero attached hydrogens (tertiary/aromatic N) is 2. The average molecular weight is 345 g/mol. The minimum atomic E-state index is -3.83. The number of hydrogen-bond acceptors (Lipinski definition) is 3. The first kappa shape index (κ1) is 16.2. The Balaban J connectivity index is 2.02. The fourth-order valence-corrected chi connectivity index (χ4v) is 4.02. The number of nitrogens with one attached hydrogen (secondary N) is 1. The minimum absolute atomic E-state index is 0.121. The number of halogens is 1. The maximum absolute atomic E-state index is 13.0. The predicted octanol–water partition coefficient (Wildman–Crippen LogP) is 3.43. The molecular weight excluding hydrogens is 329 g/mol. The van der Waals surface area contributed by atoms with Gasteiger partial charge in [0.1, 0.15) is 10.7 Å². The van der Waals surface area contributed by atoms with Crippen LogP contribution in [0, 0.1) is 19.7 Å². The molecule has 0 unspecified atom stereocenters. The van der Waals surface area contributed by atoms with Crippen LogP contribution in [-0.2, 0) is 10.0 Å². The number of rotatable bonds is 4. The summed E-state index contributed by atoms with van der Waals surface area (Å²) in [4.78, 5) is 0.121. The molecule has 0 aliphatic heterocycles. The summed E-state index contributed by atoms with van der Waals surface area (Å²) in [5.41, 5.74) is 1.98. The molecule has 0 spiro atoms. The van der Waals surface area contributed by atoms with Gasteiger partial charge < -0.3 is 0 Å². The van der Waals surface area contributed by atoms with Gasteiger partial charge in [-0.1, -0.05) is 18.2 Å². The summed E-state index contributed by atoms with van der Waals surface area (Å²) in [7, 11) is -3.83. The molecular formula is C17H16FN3O2S. The number of hydrogen-bond donors (Lipinski definition) is 1. The lowest BCUT2D eigenvalue weighted by Gasteiger charge is -2.09. The van der Waals surface area contributed by atoms with E-state index in [1.807, 2.05) is 30.3 Å². The molecule has 0 atom stereocenters. The van der Waals surface area contributed by atoms with Crippen LogP contribution in [0.3, 0.4) is 0 Å². The van der Waals surface area contributed by atoms with E-state index in [0.29, 0.717) is 17.1 Å². The fraction of sp³-hybridized carbons (Fsp3) is 0.118. The van der Waals surface area contributed by atoms with E-state index in [4.69, 9.17) is 0 Å². The summed E-state index contributed by atoms with van der Waals surface area (Å²) in [5.74, 6) is -0.429. The minimum Gasteiger partial charge on any atom is -0.280 e. The van der Waals surface area contributed by atoms with Crippen LogP contribution in [0.4, 0.5) is 10.1 Å². The van der Waals surface area contributed by atoms with Gasteiger partial charge in [-0.3, -0.25) is 4.72 Å². The maximum atomic E-state index is 13.0. The van der Waals surface area contributed by atoms with Crippen molar-refractivity contribution in [2.75, 3.05) is 4.72 Å². The Morgan fingerprint density at radius 1 is 1.00 bits per heavy atom. The van der Waals surface area contributed by atoms with Crippen molar-refractivity contribution < 1.29 is 12.8 Å². The van der Waals surface area contributed by atoms with Crippen LogP contribution in [0.5, 0.6) is 0 Å². The van der Waals surface area contributed by atoms with Gasteiger partial charge >= 0.3 is 0 Å². The molecule has 1 N–H and O–H groups in total. The highest BCUT2D eigenvalue weighted by Gasteiger charge is 2.25. The van der Waals surface area contributed by atoms with E-state index in [1.165, 1.54) is 24.3 Å². The van der Waals surface area contributed by atoms with E-state index in [0.717, 1.165) is 5.69 Å². The second kappa shape index (κ2) is 6.09. The van der Waals surface area contributed by atoms with Gasteiger partial charge in [-0.15, -0.1) is 0 Å². The summed E-state index contributed by atoms with van der Waals surface area (Å²) in [6.07, 6.45) is 0. The summed E-state index contributed by atoms with van der Waals surface area (Å²) in [6, 6.07) is 14.4. The highest BCUT2D eigenvalue weighted by molar-refractivity contribution is 7.92. The highest BCUT2D eigenvalue weighted by atomic mass is 32.2. The number of para-hydroxylation sites is 1. The lowest BCUT2D eigenvalue weighted by molar-refractivity contribution is 0.599. The largest absolute Gasteiger partial charge is 0.280 e. The molecule has 0 amide bonds. The molecule has 124 valence electrons. The zero-order valence-electron chi connectivity index (χ0n) is 13.2. The Labute approximate surface area is 139 Å². The van der Waals surface area contributed by atoms with Gasteiger partial charge in [-0.25, -0.2) is 17.5 Å². The summed E-state index contributed by atoms with van der Waals surface area (Å²) in [5, 5.41) is 4.34. The van der Waals surface area contributed by atoms with Gasteiger partial charge in [0, 0.05) is 5.69 Å². The van der Waals surface area contributed by atoms with Crippen LogP contribution < -0.4 is 4.72 Å². The molecule has 2 aromatic carbocycles. The number of sulfonamides is 1. The van der Waals surface area contributed by atoms with Crippen LogP contribution in [-0.4, -0.2) is 18.2 Å². The fourth-order valence-electron chi connectivity index (χ4n) is 2.56. The van der Waals surface area contributed by atoms with Crippen molar-refractivity contribution in [3.05, 3.63) is 71.8 Å². The van der Waals surface area contributed by atoms with Crippen LogP contribution in [0.15, 0.2) is 59.5 Å². The van der Waals surface area contributed by atoms with Gasteiger partial charge in [-0.2, -0.15) is 5.10 Å². The zero-order chi connectivity index (χ0) is 17.3. The Hall–Kier alpha value is -2.67. The molecule has 0 bridgehead atoms. The van der Waals surface area contributed by atoms with Crippen molar-refractivity contribution in [1.29, 1.82) is 0 Å². The second-order valence-electron chi connectivity index (χ2n) is 5.36. The molecule has 3 rings (SSSR count). The third-order valence-electron chi connectivity index (χ3n) is 3.59. The van der Waals surface area contributed by atoms with Gasteiger partial charge in [0.15, 0.2) is 0 Å². The molecule has 1 aromatic heterocycles. The first-order valence-electron chi connectivity index (χ1n) is 7.28. The van der Waals surface area contributed by atoms with Crippen LogP contribution >= 0.6 is 0 Å². The van der Waals surface area contributed by atoms with Crippen molar-refractivity contribution in [1.82, 2.24) is 9.78 Å². The number of anilines is 1. The Morgan fingerprint density at radius 2 is 1.62 bits per heavy atom. The molecule has 0 saturated carbocycles. The van der Waals surface area contributed by atoms with Crippen molar-refractivity contribution in [2.45, 2.75) is 18.7 Å². The zero-order valence-corrected chi connectivity index (χ0v) is 14.0. The molecule has 5 nitrogen and oxygen atoms in total. The quantitative estimate of drug-likeness (QED) is 0.788. The van der Waals surface area contributed by atoms with E-state index in [2.05, 4.69) is 9.82 Å². The normalized spacial score (nSPS) is 11.5. The summed E-state index contributed by atoms with van der Waals surface area (Å²) < 4.78 is 42.5. The standard InChI is InChI=1S/C17H16FN3O2S/c1-12-17(13(2)21(19-12)16-6-4-3-5-7-16)24(22,23)20-15-10-8-14(18)9-11-15/h3-11,20H,1-2H3. The van der Waals surface area contributed by atoms with Crippen LogP contribution in [0.1, 0.15) is 11.4 Å². The van der Waals surface area contributed by atoms with Gasteiger partial charge in [0.2, 0.25) is 0 Å². The summed E-state index contributed by atoms with van der Waals surface area (Å²) in [6.45, 7) is 3.35. The van der Waals surface area contributed by atoms with E-state index < -0.39 is 15.8 Å². The molecule has 0 aliphatic rings. The second-order valence-corrected chi connectivity index (χ2v) is 6.98. The number of aromatic nitrogens is 2. The third kappa shape index (κ3) is 3.03. The number of aryl methyl sites for hydroxylation is 1. The van der Waals surface area contributed by atoms with E-state index in [-0.39, 0.29) is 4.90 Å². The van der Waals surface area contributed by atoms with Crippen molar-refractivity contribution >= 4 is 15.7 Å². The van der Waals surface area contributed by atoms with E-state index in [1.54, 1.807) is 18.5 Å². The number of benzene rings is 2. The molecule has 0 saturated heterocycles. The molecule has 0 aliphatic carbocycles. The molecule has 3 aromatic rings. The van der Waals surface area contributed by atoms with Gasteiger partial charge in [0.05, 0.1) is 17.1 Å². The summed E-state index contributed by atoms with van der Waals surface area (Å²) >= 11 is 0. The monoisotopic (exact) mass is 345 g/mol. The predicted molar refractivity (Wildman–Crippen MR) is 90.2 cm³/mol. The topological polar surface area (TPSA) is 64.0 Å². The third-order valence-corrected chi connectivity index (χ3v) is 5.22. The van der Waals surface area contributed by atoms with Crippen molar-refractivity contribution in [3.63, 3.8) is 0 Å². The smallest absolute Gasteiger partial charge is 0.265 e. The van der Waals surface area contributed by atoms with E-state index >= 15 is 0 Å². The molecule has 0 fully saturated rings. The Bertz CT molecular complexity index is 965. The van der Waals surface area contributed by atoms with Gasteiger partial charge in [-0.05, 0) is 50.2 Å². The molecule has 0 radical (unpaired) electrons. The first-order valence-corrected chi connectivity index (χ1v) is 8.77. The van der Waals surface area contributed by atoms with Crippen LogP contribution in [0.25, 0.3) is 5.69 Å². The Kier molecular flexibility index (Phi) is 4.11. The highest BCUT2D eigenvalue weighted by Crippen LogP contribution is 2.24. The lowest BCUT2D eigenvalue weighted by atomic mass is 10.3. The lowest BCUT2D eigenvalue weighted by Crippen LogP contribution is -2.15. The first-order chi connectivity index (χ1) is 11.4. The molecule has 1 heterocycles. The maximum Gasteiger partial charge on any atom is 0.265 e. The van der Waals surface area contributed by atoms with E-state index in [9.17, 15) is 12.8 Å². The Morgan fingerprint density at radius 3 is 2.25 bits per heavy atom. The van der Waals surface area contributed by atoms with Gasteiger partial charge in [0.25, 0.3) is 10.0 Å². The average Bonchev–Trinajstić information content (AvgIpc) is 2.85.